The van der Waals surface area contributed by atoms with Gasteiger partial charge in [-0.3, -0.25) is 4.90 Å². The molecule has 1 heteroatoms. The van der Waals surface area contributed by atoms with Crippen molar-refractivity contribution < 1.29 is 0 Å². The fourth-order valence-electron chi connectivity index (χ4n) is 3.09. The van der Waals surface area contributed by atoms with Crippen LogP contribution in [0.4, 0.5) is 0 Å². The van der Waals surface area contributed by atoms with Gasteiger partial charge in [-0.05, 0) is 38.8 Å². The van der Waals surface area contributed by atoms with Crippen LogP contribution < -0.4 is 0 Å². The summed E-state index contributed by atoms with van der Waals surface area (Å²) in [6.07, 6.45) is 8.88. The highest BCUT2D eigenvalue weighted by Crippen LogP contribution is 2.42. The highest BCUT2D eigenvalue weighted by Gasteiger charge is 2.41. The summed E-state index contributed by atoms with van der Waals surface area (Å²) in [5, 5.41) is 0. The molecular weight excluding hydrogens is 134 g/mol. The molecule has 1 aliphatic carbocycles. The Hall–Kier alpha value is -0.0400. The topological polar surface area (TPSA) is 3.24 Å². The number of nitrogens with zero attached hydrogens (tertiary/aromatic N) is 1. The van der Waals surface area contributed by atoms with E-state index in [2.05, 4.69) is 11.8 Å². The molecule has 1 aliphatic heterocycles. The SMILES string of the molecule is CCN1CCCC12CCCC2. The van der Waals surface area contributed by atoms with Gasteiger partial charge in [-0.25, -0.2) is 0 Å². The van der Waals surface area contributed by atoms with Gasteiger partial charge in [-0.15, -0.1) is 0 Å². The molecule has 0 amide bonds. The Bertz CT molecular complexity index is 130. The van der Waals surface area contributed by atoms with E-state index in [-0.39, 0.29) is 0 Å². The number of likely N-dealkylation sites (tertiary alicyclic amines) is 1. The lowest BCUT2D eigenvalue weighted by atomic mass is 9.94. The first-order chi connectivity index (χ1) is 5.37. The van der Waals surface area contributed by atoms with Crippen molar-refractivity contribution >= 4 is 0 Å². The molecule has 1 saturated carbocycles. The van der Waals surface area contributed by atoms with Gasteiger partial charge in [0, 0.05) is 5.54 Å². The molecule has 1 heterocycles. The first-order valence-corrected chi connectivity index (χ1v) is 5.12. The van der Waals surface area contributed by atoms with Crippen molar-refractivity contribution in [2.75, 3.05) is 13.1 Å². The van der Waals surface area contributed by atoms with Crippen LogP contribution in [-0.4, -0.2) is 23.5 Å². The Morgan fingerprint density at radius 3 is 2.36 bits per heavy atom. The van der Waals surface area contributed by atoms with Crippen molar-refractivity contribution in [1.29, 1.82) is 0 Å². The van der Waals surface area contributed by atoms with Crippen molar-refractivity contribution in [2.45, 2.75) is 51.0 Å². The van der Waals surface area contributed by atoms with E-state index in [0.717, 1.165) is 0 Å². The van der Waals surface area contributed by atoms with Gasteiger partial charge >= 0.3 is 0 Å². The Morgan fingerprint density at radius 1 is 1.09 bits per heavy atom. The first kappa shape index (κ1) is 7.60. The van der Waals surface area contributed by atoms with Gasteiger partial charge in [0.15, 0.2) is 0 Å². The quantitative estimate of drug-likeness (QED) is 0.559. The van der Waals surface area contributed by atoms with Crippen LogP contribution >= 0.6 is 0 Å². The molecule has 0 N–H and O–H groups in total. The van der Waals surface area contributed by atoms with E-state index in [9.17, 15) is 0 Å². The molecule has 0 aromatic carbocycles. The maximum Gasteiger partial charge on any atom is 0.0210 e. The summed E-state index contributed by atoms with van der Waals surface area (Å²) in [5.74, 6) is 0. The molecule has 2 rings (SSSR count). The van der Waals surface area contributed by atoms with Crippen molar-refractivity contribution in [1.82, 2.24) is 4.90 Å². The smallest absolute Gasteiger partial charge is 0.0210 e. The van der Waals surface area contributed by atoms with E-state index in [1.54, 1.807) is 0 Å². The van der Waals surface area contributed by atoms with Gasteiger partial charge in [-0.2, -0.15) is 0 Å². The van der Waals surface area contributed by atoms with E-state index in [0.29, 0.717) is 5.54 Å². The van der Waals surface area contributed by atoms with E-state index < -0.39 is 0 Å². The minimum Gasteiger partial charge on any atom is -0.298 e. The lowest BCUT2D eigenvalue weighted by Crippen LogP contribution is -2.40. The summed E-state index contributed by atoms with van der Waals surface area (Å²) in [6, 6.07) is 0. The second kappa shape index (κ2) is 2.78. The van der Waals surface area contributed by atoms with Gasteiger partial charge in [0.25, 0.3) is 0 Å². The Kier molecular flexibility index (Phi) is 1.92. The first-order valence-electron chi connectivity index (χ1n) is 5.12. The third-order valence-electron chi connectivity index (χ3n) is 3.66. The monoisotopic (exact) mass is 153 g/mol. The van der Waals surface area contributed by atoms with Gasteiger partial charge in [-0.1, -0.05) is 19.8 Å². The van der Waals surface area contributed by atoms with Crippen LogP contribution in [0.15, 0.2) is 0 Å². The zero-order chi connectivity index (χ0) is 7.73. The highest BCUT2D eigenvalue weighted by atomic mass is 15.2. The molecule has 11 heavy (non-hydrogen) atoms. The molecule has 0 unspecified atom stereocenters. The summed E-state index contributed by atoms with van der Waals surface area (Å²) >= 11 is 0. The summed E-state index contributed by atoms with van der Waals surface area (Å²) in [6.45, 7) is 4.96. The summed E-state index contributed by atoms with van der Waals surface area (Å²) in [7, 11) is 0. The fraction of sp³-hybridized carbons (Fsp3) is 1.00. The standard InChI is InChI=1S/C10H19N/c1-2-11-9-5-8-10(11)6-3-4-7-10/h2-9H2,1H3. The van der Waals surface area contributed by atoms with Gasteiger partial charge in [0.2, 0.25) is 0 Å². The van der Waals surface area contributed by atoms with Crippen LogP contribution in [0, 0.1) is 0 Å². The molecule has 0 aromatic rings. The van der Waals surface area contributed by atoms with Crippen LogP contribution in [0.25, 0.3) is 0 Å². The van der Waals surface area contributed by atoms with Crippen LogP contribution in [0.5, 0.6) is 0 Å². The van der Waals surface area contributed by atoms with Crippen molar-refractivity contribution in [3.8, 4) is 0 Å². The molecule has 2 fully saturated rings. The third-order valence-corrected chi connectivity index (χ3v) is 3.66. The Morgan fingerprint density at radius 2 is 1.73 bits per heavy atom. The average Bonchev–Trinajstić information content (AvgIpc) is 2.62. The lowest BCUT2D eigenvalue weighted by molar-refractivity contribution is 0.151. The molecule has 1 saturated heterocycles. The highest BCUT2D eigenvalue weighted by molar-refractivity contribution is 4.98. The van der Waals surface area contributed by atoms with Crippen LogP contribution in [-0.2, 0) is 0 Å². The molecule has 0 bridgehead atoms. The average molecular weight is 153 g/mol. The maximum atomic E-state index is 2.72. The predicted octanol–water partition coefficient (Wildman–Crippen LogP) is 2.41. The fourth-order valence-corrected chi connectivity index (χ4v) is 3.09. The largest absolute Gasteiger partial charge is 0.298 e. The van der Waals surface area contributed by atoms with Crippen molar-refractivity contribution in [3.05, 3.63) is 0 Å². The Balaban J connectivity index is 2.09. The summed E-state index contributed by atoms with van der Waals surface area (Å²) < 4.78 is 0. The molecule has 0 atom stereocenters. The molecule has 1 nitrogen and oxygen atoms in total. The molecule has 0 aromatic heterocycles. The minimum atomic E-state index is 0.689. The van der Waals surface area contributed by atoms with Crippen LogP contribution in [0.3, 0.4) is 0 Å². The number of hydrogen-bond donors (Lipinski definition) is 0. The van der Waals surface area contributed by atoms with E-state index >= 15 is 0 Å². The van der Waals surface area contributed by atoms with Crippen LogP contribution in [0.2, 0.25) is 0 Å². The normalized spacial score (nSPS) is 30.3. The maximum absolute atomic E-state index is 2.72. The zero-order valence-electron chi connectivity index (χ0n) is 7.60. The van der Waals surface area contributed by atoms with Crippen molar-refractivity contribution in [3.63, 3.8) is 0 Å². The number of hydrogen-bond acceptors (Lipinski definition) is 1. The van der Waals surface area contributed by atoms with Gasteiger partial charge in [0.1, 0.15) is 0 Å². The Labute approximate surface area is 69.8 Å². The second-order valence-corrected chi connectivity index (χ2v) is 4.11. The van der Waals surface area contributed by atoms with E-state index in [1.807, 2.05) is 0 Å². The second-order valence-electron chi connectivity index (χ2n) is 4.11. The molecule has 0 radical (unpaired) electrons. The third kappa shape index (κ3) is 1.10. The molecular formula is C10H19N. The zero-order valence-corrected chi connectivity index (χ0v) is 7.60. The van der Waals surface area contributed by atoms with Gasteiger partial charge < -0.3 is 0 Å². The molecule has 1 spiro atoms. The predicted molar refractivity (Wildman–Crippen MR) is 47.7 cm³/mol. The van der Waals surface area contributed by atoms with Crippen molar-refractivity contribution in [2.24, 2.45) is 0 Å². The number of rotatable bonds is 1. The molecule has 64 valence electrons. The summed E-state index contributed by atoms with van der Waals surface area (Å²) in [4.78, 5) is 2.72. The van der Waals surface area contributed by atoms with Gasteiger partial charge in [0.05, 0.1) is 0 Å². The van der Waals surface area contributed by atoms with E-state index in [1.165, 1.54) is 51.6 Å². The van der Waals surface area contributed by atoms with Crippen LogP contribution in [0.1, 0.15) is 45.4 Å². The van der Waals surface area contributed by atoms with E-state index in [4.69, 9.17) is 0 Å². The lowest BCUT2D eigenvalue weighted by Gasteiger charge is -2.34. The minimum absolute atomic E-state index is 0.689. The summed E-state index contributed by atoms with van der Waals surface area (Å²) in [5.41, 5.74) is 0.689. The molecule has 2 aliphatic rings.